The Kier molecular flexibility index (Phi) is 8.07. The lowest BCUT2D eigenvalue weighted by molar-refractivity contribution is 0.101. The first-order valence-electron chi connectivity index (χ1n) is 13.5. The van der Waals surface area contributed by atoms with E-state index in [1.165, 1.54) is 13.5 Å². The molecule has 1 saturated heterocycles. The number of phenols is 1. The maximum absolute atomic E-state index is 12.6. The Labute approximate surface area is 228 Å². The summed E-state index contributed by atoms with van der Waals surface area (Å²) in [5, 5.41) is 24.6. The molecular formula is C30H36ClN3O4. The third kappa shape index (κ3) is 5.46. The van der Waals surface area contributed by atoms with E-state index in [1.807, 2.05) is 18.2 Å². The second-order valence-electron chi connectivity index (χ2n) is 10.7. The first kappa shape index (κ1) is 26.7. The summed E-state index contributed by atoms with van der Waals surface area (Å²) in [5.74, 6) is 0.827. The van der Waals surface area contributed by atoms with Crippen molar-refractivity contribution in [3.63, 3.8) is 0 Å². The number of hydrogen-bond donors (Lipinski definition) is 3. The topological polar surface area (TPSA) is 94.9 Å². The molecule has 0 unspecified atom stereocenters. The van der Waals surface area contributed by atoms with Gasteiger partial charge < -0.3 is 20.3 Å². The fourth-order valence-electron chi connectivity index (χ4n) is 6.06. The third-order valence-electron chi connectivity index (χ3n) is 8.23. The van der Waals surface area contributed by atoms with Gasteiger partial charge in [-0.05, 0) is 93.3 Å². The number of benzene rings is 2. The molecule has 202 valence electrons. The number of aliphatic hydroxyl groups is 1. The second-order valence-corrected chi connectivity index (χ2v) is 11.1. The molecule has 1 aromatic heterocycles. The van der Waals surface area contributed by atoms with E-state index in [4.69, 9.17) is 16.3 Å². The highest BCUT2D eigenvalue weighted by molar-refractivity contribution is 6.32. The molecule has 5 rings (SSSR count). The van der Waals surface area contributed by atoms with E-state index in [9.17, 15) is 15.0 Å². The number of aromatic nitrogens is 1. The number of pyridine rings is 1. The van der Waals surface area contributed by atoms with Gasteiger partial charge in [0.25, 0.3) is 0 Å². The Balaban J connectivity index is 1.40. The van der Waals surface area contributed by atoms with Crippen LogP contribution in [0, 0.1) is 5.92 Å². The molecule has 2 fully saturated rings. The number of Topliss-reactive ketones (excluding diaryl/α,β-unsaturated/α-hetero) is 1. The molecule has 2 aromatic carbocycles. The van der Waals surface area contributed by atoms with Crippen LogP contribution in [0.3, 0.4) is 0 Å². The summed E-state index contributed by atoms with van der Waals surface area (Å²) < 4.78 is 5.29. The zero-order valence-corrected chi connectivity index (χ0v) is 22.8. The van der Waals surface area contributed by atoms with Crippen molar-refractivity contribution in [3.05, 3.63) is 47.1 Å². The van der Waals surface area contributed by atoms with Crippen LogP contribution in [0.2, 0.25) is 5.02 Å². The Hall–Kier alpha value is -2.87. The Morgan fingerprint density at radius 3 is 2.66 bits per heavy atom. The molecule has 0 spiro atoms. The first-order valence-corrected chi connectivity index (χ1v) is 13.9. The van der Waals surface area contributed by atoms with Crippen molar-refractivity contribution in [1.29, 1.82) is 0 Å². The van der Waals surface area contributed by atoms with Crippen molar-refractivity contribution < 1.29 is 19.7 Å². The molecule has 2 heterocycles. The number of likely N-dealkylation sites (tertiary alicyclic amines) is 1. The molecular weight excluding hydrogens is 502 g/mol. The van der Waals surface area contributed by atoms with Gasteiger partial charge in [0.1, 0.15) is 0 Å². The summed E-state index contributed by atoms with van der Waals surface area (Å²) in [7, 11) is 1.49. The molecule has 3 aromatic rings. The number of carbonyl (C=O) groups excluding carboxylic acids is 1. The Morgan fingerprint density at radius 2 is 1.95 bits per heavy atom. The predicted molar refractivity (Wildman–Crippen MR) is 151 cm³/mol. The Bertz CT molecular complexity index is 1320. The summed E-state index contributed by atoms with van der Waals surface area (Å²) >= 11 is 6.26. The number of rotatable bonds is 8. The number of aliphatic hydroxyl groups excluding tert-OH is 1. The highest BCUT2D eigenvalue weighted by Gasteiger charge is 2.29. The summed E-state index contributed by atoms with van der Waals surface area (Å²) in [6.45, 7) is 3.99. The number of hydrogen-bond acceptors (Lipinski definition) is 7. The van der Waals surface area contributed by atoms with Gasteiger partial charge in [-0.1, -0.05) is 17.7 Å². The average molecular weight is 538 g/mol. The van der Waals surface area contributed by atoms with Crippen LogP contribution < -0.4 is 10.1 Å². The van der Waals surface area contributed by atoms with Gasteiger partial charge in [0.05, 0.1) is 35.5 Å². The molecule has 3 N–H and O–H groups in total. The van der Waals surface area contributed by atoms with Gasteiger partial charge in [0.15, 0.2) is 17.3 Å². The fourth-order valence-corrected chi connectivity index (χ4v) is 6.27. The molecule has 7 nitrogen and oxygen atoms in total. The van der Waals surface area contributed by atoms with Crippen LogP contribution in [0.1, 0.15) is 55.8 Å². The number of phenolic OH excluding ortho intramolecular Hbond substituents is 1. The summed E-state index contributed by atoms with van der Waals surface area (Å²) in [6.07, 6.45) is 8.27. The molecule has 1 saturated carbocycles. The lowest BCUT2D eigenvalue weighted by Crippen LogP contribution is -2.38. The number of ether oxygens (including phenoxy) is 1. The molecule has 2 aliphatic rings. The van der Waals surface area contributed by atoms with Crippen LogP contribution in [0.5, 0.6) is 11.5 Å². The summed E-state index contributed by atoms with van der Waals surface area (Å²) in [6, 6.07) is 9.97. The van der Waals surface area contributed by atoms with Crippen LogP contribution in [0.4, 0.5) is 5.69 Å². The van der Waals surface area contributed by atoms with E-state index in [0.717, 1.165) is 72.9 Å². The van der Waals surface area contributed by atoms with Crippen molar-refractivity contribution in [3.8, 4) is 22.6 Å². The number of nitrogens with one attached hydrogen (secondary N) is 1. The summed E-state index contributed by atoms with van der Waals surface area (Å²) in [4.78, 5) is 19.6. The van der Waals surface area contributed by atoms with Gasteiger partial charge in [0.2, 0.25) is 0 Å². The van der Waals surface area contributed by atoms with Gasteiger partial charge in [0, 0.05) is 30.2 Å². The van der Waals surface area contributed by atoms with E-state index in [1.54, 1.807) is 25.3 Å². The number of aromatic hydroxyl groups is 1. The molecule has 0 bridgehead atoms. The molecule has 1 aliphatic carbocycles. The SMILES string of the molecule is COc1cc(-c2ccc3ncc(C(C)=O)c(NC4CCC(CN5CCC[C@H]5CO)CC4)c3c2)cc(Cl)c1O. The molecule has 1 atom stereocenters. The average Bonchev–Trinajstić information content (AvgIpc) is 3.38. The van der Waals surface area contributed by atoms with Crippen LogP contribution in [0.25, 0.3) is 22.0 Å². The summed E-state index contributed by atoms with van der Waals surface area (Å²) in [5.41, 5.74) is 3.90. The second kappa shape index (κ2) is 11.5. The van der Waals surface area contributed by atoms with Crippen LogP contribution in [-0.2, 0) is 0 Å². The fraction of sp³-hybridized carbons (Fsp3) is 0.467. The van der Waals surface area contributed by atoms with Crippen molar-refractivity contribution >= 4 is 34.0 Å². The van der Waals surface area contributed by atoms with Crippen molar-refractivity contribution in [2.75, 3.05) is 32.1 Å². The lowest BCUT2D eigenvalue weighted by atomic mass is 9.85. The molecule has 0 radical (unpaired) electrons. The smallest absolute Gasteiger partial charge is 0.176 e. The van der Waals surface area contributed by atoms with Gasteiger partial charge in [-0.2, -0.15) is 0 Å². The number of carbonyl (C=O) groups is 1. The molecule has 8 heteroatoms. The number of halogens is 1. The zero-order chi connectivity index (χ0) is 26.8. The van der Waals surface area contributed by atoms with Crippen LogP contribution in [-0.4, -0.2) is 64.8 Å². The van der Waals surface area contributed by atoms with E-state index in [0.29, 0.717) is 23.3 Å². The van der Waals surface area contributed by atoms with E-state index < -0.39 is 0 Å². The minimum Gasteiger partial charge on any atom is -0.503 e. The van der Waals surface area contributed by atoms with Crippen molar-refractivity contribution in [2.24, 2.45) is 5.92 Å². The number of fused-ring (bicyclic) bond motifs is 1. The standard InChI is InChI=1S/C30H36ClN3O4/c1-18(36)25-15-32-27-10-7-20(21-13-26(31)30(37)28(14-21)38-2)12-24(27)29(25)33-22-8-5-19(6-9-22)16-34-11-3-4-23(34)17-35/h7,10,12-15,19,22-23,35,37H,3-6,8-9,11,16-17H2,1-2H3,(H,32,33)/t19?,22?,23-/m0/s1. The van der Waals surface area contributed by atoms with Crippen LogP contribution in [0.15, 0.2) is 36.5 Å². The van der Waals surface area contributed by atoms with Gasteiger partial charge in [-0.3, -0.25) is 14.7 Å². The van der Waals surface area contributed by atoms with E-state index in [-0.39, 0.29) is 29.2 Å². The molecule has 1 aliphatic heterocycles. The van der Waals surface area contributed by atoms with E-state index in [2.05, 4.69) is 15.2 Å². The number of methoxy groups -OCH3 is 1. The minimum atomic E-state index is -0.0891. The van der Waals surface area contributed by atoms with Crippen molar-refractivity contribution in [1.82, 2.24) is 9.88 Å². The normalized spacial score (nSPS) is 22.1. The van der Waals surface area contributed by atoms with Gasteiger partial charge in [-0.25, -0.2) is 0 Å². The minimum absolute atomic E-state index is 0.0283. The van der Waals surface area contributed by atoms with E-state index >= 15 is 0 Å². The number of anilines is 1. The first-order chi connectivity index (χ1) is 18.4. The quantitative estimate of drug-likeness (QED) is 0.308. The van der Waals surface area contributed by atoms with Gasteiger partial charge in [-0.15, -0.1) is 0 Å². The molecule has 38 heavy (non-hydrogen) atoms. The maximum atomic E-state index is 12.6. The number of ketones is 1. The predicted octanol–water partition coefficient (Wildman–Crippen LogP) is 5.90. The maximum Gasteiger partial charge on any atom is 0.176 e. The van der Waals surface area contributed by atoms with Crippen LogP contribution >= 0.6 is 11.6 Å². The zero-order valence-electron chi connectivity index (χ0n) is 22.0. The van der Waals surface area contributed by atoms with Crippen molar-refractivity contribution in [2.45, 2.75) is 57.5 Å². The van der Waals surface area contributed by atoms with Gasteiger partial charge >= 0.3 is 0 Å². The Morgan fingerprint density at radius 1 is 1.16 bits per heavy atom. The third-order valence-corrected chi connectivity index (χ3v) is 8.51. The monoisotopic (exact) mass is 537 g/mol. The highest BCUT2D eigenvalue weighted by atomic mass is 35.5. The number of nitrogens with zero attached hydrogens (tertiary/aromatic N) is 2. The highest BCUT2D eigenvalue weighted by Crippen LogP contribution is 2.40. The lowest BCUT2D eigenvalue weighted by Gasteiger charge is -2.34. The largest absolute Gasteiger partial charge is 0.503 e. The molecule has 0 amide bonds.